The predicted molar refractivity (Wildman–Crippen MR) is 141 cm³/mol. The van der Waals surface area contributed by atoms with Gasteiger partial charge in [0.05, 0.1) is 24.5 Å². The highest BCUT2D eigenvalue weighted by Crippen LogP contribution is 2.52. The zero-order valence-corrected chi connectivity index (χ0v) is 21.7. The molecule has 0 amide bonds. The molecule has 188 valence electrons. The smallest absolute Gasteiger partial charge is 0.336 e. The molecule has 4 rings (SSSR count). The number of nitrogens with one attached hydrogen (secondary N) is 1. The molecule has 0 bridgehead atoms. The SMILES string of the molecule is CCOC(=O)C1=C(C)NC(C)C(C(=O)OCC)(c2nc(-c3cccc(N)c3)cs2)C1c1ccccc1. The lowest BCUT2D eigenvalue weighted by molar-refractivity contribution is -0.153. The van der Waals surface area contributed by atoms with Gasteiger partial charge in [0.2, 0.25) is 0 Å². The van der Waals surface area contributed by atoms with E-state index in [0.29, 0.717) is 27.7 Å². The summed E-state index contributed by atoms with van der Waals surface area (Å²) in [6.45, 7) is 7.72. The lowest BCUT2D eigenvalue weighted by Crippen LogP contribution is -2.60. The molecule has 3 atom stereocenters. The van der Waals surface area contributed by atoms with Gasteiger partial charge < -0.3 is 20.5 Å². The number of ether oxygens (including phenoxy) is 2. The molecule has 0 spiro atoms. The summed E-state index contributed by atoms with van der Waals surface area (Å²) < 4.78 is 11.2. The molecule has 2 heterocycles. The molecule has 0 aliphatic carbocycles. The van der Waals surface area contributed by atoms with Gasteiger partial charge in [-0.25, -0.2) is 9.78 Å². The first-order valence-electron chi connectivity index (χ1n) is 12.0. The van der Waals surface area contributed by atoms with Gasteiger partial charge in [-0.05, 0) is 45.4 Å². The normalized spacial score (nSPS) is 21.6. The maximum atomic E-state index is 14.1. The second-order valence-electron chi connectivity index (χ2n) is 8.72. The van der Waals surface area contributed by atoms with Crippen LogP contribution in [0.2, 0.25) is 0 Å². The van der Waals surface area contributed by atoms with E-state index in [4.69, 9.17) is 20.2 Å². The lowest BCUT2D eigenvalue weighted by atomic mass is 9.62. The molecule has 3 unspecified atom stereocenters. The monoisotopic (exact) mass is 505 g/mol. The molecule has 3 aromatic rings. The highest BCUT2D eigenvalue weighted by molar-refractivity contribution is 7.10. The molecule has 0 fully saturated rings. The van der Waals surface area contributed by atoms with Gasteiger partial charge >= 0.3 is 11.9 Å². The zero-order valence-electron chi connectivity index (χ0n) is 20.9. The Balaban J connectivity index is 2.01. The Morgan fingerprint density at radius 3 is 2.47 bits per heavy atom. The summed E-state index contributed by atoms with van der Waals surface area (Å²) in [5, 5.41) is 5.85. The molecule has 0 saturated heterocycles. The number of nitrogens with zero attached hydrogens (tertiary/aromatic N) is 1. The van der Waals surface area contributed by atoms with Crippen molar-refractivity contribution >= 4 is 29.0 Å². The van der Waals surface area contributed by atoms with Crippen LogP contribution in [0, 0.1) is 0 Å². The van der Waals surface area contributed by atoms with Crippen molar-refractivity contribution in [1.82, 2.24) is 10.3 Å². The summed E-state index contributed by atoms with van der Waals surface area (Å²) in [5.74, 6) is -1.58. The van der Waals surface area contributed by atoms with Crippen LogP contribution in [0.3, 0.4) is 0 Å². The minimum absolute atomic E-state index is 0.194. The van der Waals surface area contributed by atoms with E-state index in [9.17, 15) is 9.59 Å². The number of esters is 2. The van der Waals surface area contributed by atoms with Gasteiger partial charge in [-0.3, -0.25) is 4.79 Å². The van der Waals surface area contributed by atoms with E-state index in [2.05, 4.69) is 5.32 Å². The molecule has 7 nitrogen and oxygen atoms in total. The van der Waals surface area contributed by atoms with Crippen LogP contribution in [-0.4, -0.2) is 36.2 Å². The van der Waals surface area contributed by atoms with Crippen molar-refractivity contribution < 1.29 is 19.1 Å². The standard InChI is InChI=1S/C28H31N3O4S/c1-5-34-25(32)23-17(3)30-18(4)28(27(33)35-6-2,24(23)19-11-8-7-9-12-19)26-31-22(16-36-26)20-13-10-14-21(29)15-20/h7-16,18,24,30H,5-6,29H2,1-4H3. The average Bonchev–Trinajstić information content (AvgIpc) is 3.35. The minimum Gasteiger partial charge on any atom is -0.465 e. The third kappa shape index (κ3) is 4.37. The number of nitrogens with two attached hydrogens (primary N) is 1. The third-order valence-corrected chi connectivity index (χ3v) is 7.54. The van der Waals surface area contributed by atoms with E-state index in [0.717, 1.165) is 11.1 Å². The summed E-state index contributed by atoms with van der Waals surface area (Å²) in [7, 11) is 0. The first-order valence-corrected chi connectivity index (χ1v) is 12.9. The number of nitrogen functional groups attached to an aromatic ring is 1. The Bertz CT molecular complexity index is 1290. The lowest BCUT2D eigenvalue weighted by Gasteiger charge is -2.46. The van der Waals surface area contributed by atoms with Gasteiger partial charge in [-0.2, -0.15) is 0 Å². The molecular formula is C28H31N3O4S. The molecule has 0 radical (unpaired) electrons. The first kappa shape index (κ1) is 25.4. The van der Waals surface area contributed by atoms with Crippen LogP contribution >= 0.6 is 11.3 Å². The molecule has 1 aliphatic rings. The van der Waals surface area contributed by atoms with Gasteiger partial charge in [0, 0.05) is 34.3 Å². The van der Waals surface area contributed by atoms with Crippen molar-refractivity contribution in [2.45, 2.75) is 45.1 Å². The number of hydrogen-bond acceptors (Lipinski definition) is 8. The van der Waals surface area contributed by atoms with Crippen molar-refractivity contribution in [3.63, 3.8) is 0 Å². The number of allylic oxidation sites excluding steroid dienone is 1. The van der Waals surface area contributed by atoms with Crippen LogP contribution in [0.1, 0.15) is 44.2 Å². The highest BCUT2D eigenvalue weighted by atomic mass is 32.1. The number of rotatable bonds is 7. The van der Waals surface area contributed by atoms with Gasteiger partial charge in [-0.1, -0.05) is 42.5 Å². The fourth-order valence-electron chi connectivity index (χ4n) is 5.00. The van der Waals surface area contributed by atoms with Gasteiger partial charge in [0.1, 0.15) is 5.01 Å². The van der Waals surface area contributed by atoms with Crippen molar-refractivity contribution in [3.8, 4) is 11.3 Å². The highest BCUT2D eigenvalue weighted by Gasteiger charge is 2.60. The van der Waals surface area contributed by atoms with Crippen LogP contribution < -0.4 is 11.1 Å². The second-order valence-corrected chi connectivity index (χ2v) is 9.58. The molecule has 1 aromatic heterocycles. The number of anilines is 1. The summed E-state index contributed by atoms with van der Waals surface area (Å²) in [5.41, 5.74) is 8.74. The van der Waals surface area contributed by atoms with Crippen LogP contribution in [0.5, 0.6) is 0 Å². The molecule has 2 aromatic carbocycles. The average molecular weight is 506 g/mol. The maximum Gasteiger partial charge on any atom is 0.336 e. The van der Waals surface area contributed by atoms with E-state index >= 15 is 0 Å². The van der Waals surface area contributed by atoms with Crippen LogP contribution in [-0.2, 0) is 24.5 Å². The first-order chi connectivity index (χ1) is 17.3. The number of aromatic nitrogens is 1. The molecule has 3 N–H and O–H groups in total. The van der Waals surface area contributed by atoms with E-state index in [1.54, 1.807) is 13.8 Å². The topological polar surface area (TPSA) is 104 Å². The van der Waals surface area contributed by atoms with Crippen molar-refractivity contribution in [1.29, 1.82) is 0 Å². The Kier molecular flexibility index (Phi) is 7.45. The van der Waals surface area contributed by atoms with Crippen molar-refractivity contribution in [2.24, 2.45) is 0 Å². The molecule has 1 aliphatic heterocycles. The van der Waals surface area contributed by atoms with E-state index in [1.807, 2.05) is 73.8 Å². The van der Waals surface area contributed by atoms with Crippen molar-refractivity contribution in [3.05, 3.63) is 81.8 Å². The minimum atomic E-state index is -1.32. The number of hydrogen-bond donors (Lipinski definition) is 2. The van der Waals surface area contributed by atoms with Gasteiger partial charge in [0.15, 0.2) is 5.41 Å². The number of thiazole rings is 1. The van der Waals surface area contributed by atoms with Crippen LogP contribution in [0.4, 0.5) is 5.69 Å². The number of benzene rings is 2. The molecule has 8 heteroatoms. The Morgan fingerprint density at radius 2 is 1.81 bits per heavy atom. The van der Waals surface area contributed by atoms with E-state index in [1.165, 1.54) is 11.3 Å². The van der Waals surface area contributed by atoms with E-state index in [-0.39, 0.29) is 13.2 Å². The molecule has 0 saturated carbocycles. The molecular weight excluding hydrogens is 474 g/mol. The predicted octanol–water partition coefficient (Wildman–Crippen LogP) is 4.81. The van der Waals surface area contributed by atoms with E-state index < -0.39 is 29.3 Å². The summed E-state index contributed by atoms with van der Waals surface area (Å²) >= 11 is 1.37. The fraction of sp³-hybridized carbons (Fsp3) is 0.321. The summed E-state index contributed by atoms with van der Waals surface area (Å²) in [4.78, 5) is 32.4. The molecule has 36 heavy (non-hydrogen) atoms. The number of carbonyl (C=O) groups excluding carboxylic acids is 2. The Hall–Kier alpha value is -3.65. The van der Waals surface area contributed by atoms with Crippen LogP contribution in [0.25, 0.3) is 11.3 Å². The van der Waals surface area contributed by atoms with Crippen molar-refractivity contribution in [2.75, 3.05) is 18.9 Å². The quantitative estimate of drug-likeness (QED) is 0.351. The second kappa shape index (κ2) is 10.5. The maximum absolute atomic E-state index is 14.1. The Labute approximate surface area is 215 Å². The van der Waals surface area contributed by atoms with Crippen LogP contribution in [0.15, 0.2) is 71.2 Å². The fourth-order valence-corrected chi connectivity index (χ4v) is 6.14. The Morgan fingerprint density at radius 1 is 1.08 bits per heavy atom. The third-order valence-electron chi connectivity index (χ3n) is 6.55. The number of carbonyl (C=O) groups is 2. The van der Waals surface area contributed by atoms with Gasteiger partial charge in [-0.15, -0.1) is 11.3 Å². The summed E-state index contributed by atoms with van der Waals surface area (Å²) in [6, 6.07) is 16.6. The summed E-state index contributed by atoms with van der Waals surface area (Å²) in [6.07, 6.45) is 0. The zero-order chi connectivity index (χ0) is 25.9. The largest absolute Gasteiger partial charge is 0.465 e. The van der Waals surface area contributed by atoms with Gasteiger partial charge in [0.25, 0.3) is 0 Å².